The van der Waals surface area contributed by atoms with Crippen LogP contribution in [-0.2, 0) is 11.2 Å². The Morgan fingerprint density at radius 3 is 2.42 bits per heavy atom. The molecule has 1 fully saturated rings. The summed E-state index contributed by atoms with van der Waals surface area (Å²) >= 11 is 13.9. The van der Waals surface area contributed by atoms with Crippen molar-refractivity contribution in [3.8, 4) is 0 Å². The molecule has 1 aliphatic rings. The minimum Gasteiger partial charge on any atom is -0.289 e. The second kappa shape index (κ2) is 10.8. The third-order valence-electron chi connectivity index (χ3n) is 6.06. The number of rotatable bonds is 6. The number of hydrogen-bond donors (Lipinski definition) is 1. The van der Waals surface area contributed by atoms with Crippen molar-refractivity contribution in [2.24, 2.45) is 0 Å². The first-order chi connectivity index (χ1) is 18.2. The summed E-state index contributed by atoms with van der Waals surface area (Å²) in [6, 6.07) is 8.05. The summed E-state index contributed by atoms with van der Waals surface area (Å²) in [5.41, 5.74) is -1.30. The van der Waals surface area contributed by atoms with Gasteiger partial charge in [-0.15, -0.1) is 0 Å². The van der Waals surface area contributed by atoms with Crippen molar-refractivity contribution in [1.82, 2.24) is 13.9 Å². The SMILES string of the molecule is O=C(c1c(F)ccc(NS(=O)N2CCCC2)c1F)c1cn(C(=O)c2c(Cl)cccc2Cl)c2ncc(Br)cc12. The van der Waals surface area contributed by atoms with E-state index in [1.807, 2.05) is 0 Å². The molecule has 0 aliphatic carbocycles. The molecule has 3 heterocycles. The molecular formula is C25H17BrCl2F2N4O3S. The molecule has 0 radical (unpaired) electrons. The fraction of sp³-hybridized carbons (Fsp3) is 0.160. The highest BCUT2D eigenvalue weighted by atomic mass is 79.9. The van der Waals surface area contributed by atoms with Crippen LogP contribution in [0.25, 0.3) is 11.0 Å². The van der Waals surface area contributed by atoms with Crippen molar-refractivity contribution in [3.63, 3.8) is 0 Å². The van der Waals surface area contributed by atoms with Crippen LogP contribution in [0.15, 0.2) is 53.3 Å². The Labute approximate surface area is 236 Å². The van der Waals surface area contributed by atoms with Crippen molar-refractivity contribution in [2.75, 3.05) is 17.8 Å². The molecule has 38 heavy (non-hydrogen) atoms. The number of ketones is 1. The molecule has 1 saturated heterocycles. The summed E-state index contributed by atoms with van der Waals surface area (Å²) in [6.07, 6.45) is 4.27. The lowest BCUT2D eigenvalue weighted by molar-refractivity contribution is 0.0964. The summed E-state index contributed by atoms with van der Waals surface area (Å²) in [4.78, 5) is 31.3. The molecule has 7 nitrogen and oxygen atoms in total. The van der Waals surface area contributed by atoms with Gasteiger partial charge in [0.2, 0.25) is 5.78 Å². The highest BCUT2D eigenvalue weighted by Crippen LogP contribution is 2.32. The van der Waals surface area contributed by atoms with E-state index in [9.17, 15) is 18.2 Å². The summed E-state index contributed by atoms with van der Waals surface area (Å²) in [6.45, 7) is 1.14. The fourth-order valence-corrected chi connectivity index (χ4v) is 6.18. The number of nitrogens with zero attached hydrogens (tertiary/aromatic N) is 3. The Kier molecular flexibility index (Phi) is 7.65. The van der Waals surface area contributed by atoms with Gasteiger partial charge >= 0.3 is 0 Å². The largest absolute Gasteiger partial charge is 0.289 e. The van der Waals surface area contributed by atoms with Gasteiger partial charge in [0, 0.05) is 35.3 Å². The molecule has 1 aliphatic heterocycles. The lowest BCUT2D eigenvalue weighted by atomic mass is 10.0. The number of anilines is 1. The third kappa shape index (κ3) is 4.89. The van der Waals surface area contributed by atoms with E-state index in [2.05, 4.69) is 25.6 Å². The molecule has 1 atom stereocenters. The van der Waals surface area contributed by atoms with Gasteiger partial charge in [0.1, 0.15) is 11.5 Å². The van der Waals surface area contributed by atoms with Crippen LogP contribution >= 0.6 is 39.1 Å². The Morgan fingerprint density at radius 1 is 1.05 bits per heavy atom. The second-order valence-electron chi connectivity index (χ2n) is 8.44. The first-order valence-corrected chi connectivity index (χ1v) is 13.9. The number of halogens is 5. The third-order valence-corrected chi connectivity index (χ3v) is 8.36. The average Bonchev–Trinajstić information content (AvgIpc) is 3.54. The van der Waals surface area contributed by atoms with Gasteiger partial charge in [-0.3, -0.25) is 18.9 Å². The number of aromatic nitrogens is 2. The van der Waals surface area contributed by atoms with Gasteiger partial charge in [-0.2, -0.15) is 0 Å². The minimum absolute atomic E-state index is 0.0237. The first kappa shape index (κ1) is 26.9. The maximum atomic E-state index is 15.5. The summed E-state index contributed by atoms with van der Waals surface area (Å²) < 4.78 is 48.7. The zero-order valence-electron chi connectivity index (χ0n) is 19.3. The van der Waals surface area contributed by atoms with Gasteiger partial charge in [0.15, 0.2) is 17.0 Å². The van der Waals surface area contributed by atoms with Crippen LogP contribution in [0.3, 0.4) is 0 Å². The van der Waals surface area contributed by atoms with E-state index in [0.29, 0.717) is 17.6 Å². The van der Waals surface area contributed by atoms with E-state index in [0.717, 1.165) is 35.7 Å². The predicted molar refractivity (Wildman–Crippen MR) is 146 cm³/mol. The Balaban J connectivity index is 1.60. The van der Waals surface area contributed by atoms with Crippen LogP contribution in [0, 0.1) is 11.6 Å². The number of fused-ring (bicyclic) bond motifs is 1. The van der Waals surface area contributed by atoms with Crippen molar-refractivity contribution >= 4 is 78.7 Å². The number of nitrogens with one attached hydrogen (secondary N) is 1. The van der Waals surface area contributed by atoms with E-state index < -0.39 is 40.1 Å². The molecular weight excluding hydrogens is 625 g/mol. The zero-order chi connectivity index (χ0) is 27.1. The molecule has 0 bridgehead atoms. The molecule has 1 unspecified atom stereocenters. The lowest BCUT2D eigenvalue weighted by Crippen LogP contribution is -2.27. The topological polar surface area (TPSA) is 84.3 Å². The van der Waals surface area contributed by atoms with E-state index in [4.69, 9.17) is 23.2 Å². The normalized spacial score (nSPS) is 14.7. The van der Waals surface area contributed by atoms with Gasteiger partial charge in [-0.25, -0.2) is 22.3 Å². The second-order valence-corrected chi connectivity index (χ2v) is 11.4. The number of pyridine rings is 1. The molecule has 4 aromatic rings. The molecule has 0 spiro atoms. The van der Waals surface area contributed by atoms with E-state index >= 15 is 4.39 Å². The van der Waals surface area contributed by atoms with Crippen LogP contribution in [0.5, 0.6) is 0 Å². The smallest absolute Gasteiger partial charge is 0.266 e. The monoisotopic (exact) mass is 640 g/mol. The van der Waals surface area contributed by atoms with Gasteiger partial charge in [0.05, 0.1) is 32.4 Å². The molecule has 5 rings (SSSR count). The Bertz CT molecular complexity index is 1620. The number of benzene rings is 2. The highest BCUT2D eigenvalue weighted by Gasteiger charge is 2.29. The summed E-state index contributed by atoms with van der Waals surface area (Å²) in [5.74, 6) is -4.03. The van der Waals surface area contributed by atoms with Crippen molar-refractivity contribution in [2.45, 2.75) is 12.8 Å². The number of carbonyl (C=O) groups excluding carboxylic acids is 2. The van der Waals surface area contributed by atoms with Crippen LogP contribution in [0.4, 0.5) is 14.5 Å². The number of hydrogen-bond acceptors (Lipinski definition) is 4. The fourth-order valence-electron chi connectivity index (χ4n) is 4.23. The minimum atomic E-state index is -1.76. The Morgan fingerprint density at radius 2 is 1.74 bits per heavy atom. The highest BCUT2D eigenvalue weighted by molar-refractivity contribution is 9.10. The van der Waals surface area contributed by atoms with Gasteiger partial charge in [0.25, 0.3) is 5.91 Å². The molecule has 13 heteroatoms. The predicted octanol–water partition coefficient (Wildman–Crippen LogP) is 6.39. The van der Waals surface area contributed by atoms with Gasteiger partial charge in [-0.05, 0) is 59.1 Å². The molecule has 0 saturated carbocycles. The van der Waals surface area contributed by atoms with Crippen LogP contribution in [0.2, 0.25) is 10.0 Å². The Hall–Kier alpha value is -2.70. The van der Waals surface area contributed by atoms with E-state index in [1.54, 1.807) is 10.4 Å². The first-order valence-electron chi connectivity index (χ1n) is 11.3. The zero-order valence-corrected chi connectivity index (χ0v) is 23.2. The van der Waals surface area contributed by atoms with Crippen molar-refractivity contribution < 1.29 is 22.6 Å². The van der Waals surface area contributed by atoms with Crippen LogP contribution < -0.4 is 4.72 Å². The van der Waals surface area contributed by atoms with Gasteiger partial charge in [-0.1, -0.05) is 29.3 Å². The van der Waals surface area contributed by atoms with Crippen LogP contribution in [-0.4, -0.2) is 42.8 Å². The maximum absolute atomic E-state index is 15.5. The maximum Gasteiger partial charge on any atom is 0.266 e. The van der Waals surface area contributed by atoms with E-state index in [1.165, 1.54) is 24.4 Å². The summed E-state index contributed by atoms with van der Waals surface area (Å²) in [7, 11) is 0. The average molecular weight is 642 g/mol. The number of carbonyl (C=O) groups is 2. The van der Waals surface area contributed by atoms with Crippen LogP contribution in [0.1, 0.15) is 39.1 Å². The molecule has 2 aromatic heterocycles. The lowest BCUT2D eigenvalue weighted by Gasteiger charge is -2.16. The van der Waals surface area contributed by atoms with Crippen molar-refractivity contribution in [1.29, 1.82) is 0 Å². The van der Waals surface area contributed by atoms with Gasteiger partial charge < -0.3 is 0 Å². The quantitative estimate of drug-likeness (QED) is 0.247. The summed E-state index contributed by atoms with van der Waals surface area (Å²) in [5, 5.41) is 0.325. The molecule has 196 valence electrons. The molecule has 1 N–H and O–H groups in total. The van der Waals surface area contributed by atoms with Crippen molar-refractivity contribution in [3.05, 3.63) is 91.6 Å². The van der Waals surface area contributed by atoms with E-state index in [-0.39, 0.29) is 37.9 Å². The molecule has 0 amide bonds. The standard InChI is InChI=1S/C25H17BrCl2F2N4O3S/c26-13-10-14-15(12-34(24(14)31-11-13)25(36)20-16(27)4-3-5-17(20)28)23(35)21-18(29)6-7-19(22(21)30)32-38(37)33-8-1-2-9-33/h3-7,10-12,32H,1-2,8-9H2. The molecule has 2 aromatic carbocycles.